The third kappa shape index (κ3) is 30.6. The topological polar surface area (TPSA) is 72.8 Å². The number of hydrogen-bond donors (Lipinski definition) is 1. The molecule has 0 saturated carbocycles. The summed E-state index contributed by atoms with van der Waals surface area (Å²) in [5.41, 5.74) is 0. The molecule has 0 spiro atoms. The van der Waals surface area contributed by atoms with Crippen LogP contribution in [0.2, 0.25) is 0 Å². The van der Waals surface area contributed by atoms with E-state index in [9.17, 15) is 14.7 Å². The Hall–Kier alpha value is -2.14. The van der Waals surface area contributed by atoms with Crippen molar-refractivity contribution < 1.29 is 24.2 Å². The lowest BCUT2D eigenvalue weighted by molar-refractivity contribution is -0.161. The third-order valence-electron chi connectivity index (χ3n) is 6.89. The fraction of sp³-hybridized carbons (Fsp3) is 0.722. The lowest BCUT2D eigenvalue weighted by Crippen LogP contribution is -2.28. The SMILES string of the molecule is CC/C=C/C/C=C/C/C=C/C/C=C/CCCCC(=O)O[C@@H](CO)COC(=O)CCCCCCCCCCCCCC. The zero-order chi connectivity index (χ0) is 30.1. The molecule has 0 aromatic rings. The highest BCUT2D eigenvalue weighted by Gasteiger charge is 2.16. The average molecular weight is 575 g/mol. The summed E-state index contributed by atoms with van der Waals surface area (Å²) < 4.78 is 10.5. The minimum Gasteiger partial charge on any atom is -0.462 e. The van der Waals surface area contributed by atoms with E-state index in [1.807, 2.05) is 0 Å². The molecule has 0 saturated heterocycles. The molecule has 0 aliphatic carbocycles. The molecular weight excluding hydrogens is 512 g/mol. The minimum absolute atomic E-state index is 0.0821. The molecule has 0 fully saturated rings. The van der Waals surface area contributed by atoms with E-state index >= 15 is 0 Å². The number of allylic oxidation sites excluding steroid dienone is 8. The molecule has 0 rings (SSSR count). The number of rotatable bonds is 29. The highest BCUT2D eigenvalue weighted by Crippen LogP contribution is 2.13. The summed E-state index contributed by atoms with van der Waals surface area (Å²) in [6, 6.07) is 0. The number of ether oxygens (including phenoxy) is 2. The van der Waals surface area contributed by atoms with Gasteiger partial charge in [0.1, 0.15) is 6.61 Å². The van der Waals surface area contributed by atoms with Gasteiger partial charge < -0.3 is 14.6 Å². The van der Waals surface area contributed by atoms with Gasteiger partial charge in [0.2, 0.25) is 0 Å². The summed E-state index contributed by atoms with van der Waals surface area (Å²) in [5.74, 6) is -0.643. The molecule has 0 bridgehead atoms. The number of hydrogen-bond acceptors (Lipinski definition) is 5. The van der Waals surface area contributed by atoms with E-state index in [1.54, 1.807) is 0 Å². The Balaban J connectivity index is 3.68. The molecule has 5 heteroatoms. The van der Waals surface area contributed by atoms with Gasteiger partial charge in [-0.3, -0.25) is 9.59 Å². The van der Waals surface area contributed by atoms with Crippen molar-refractivity contribution in [2.24, 2.45) is 0 Å². The first-order chi connectivity index (χ1) is 20.1. The number of carbonyl (C=O) groups is 2. The van der Waals surface area contributed by atoms with Crippen molar-refractivity contribution in [1.82, 2.24) is 0 Å². The zero-order valence-corrected chi connectivity index (χ0v) is 26.5. The lowest BCUT2D eigenvalue weighted by atomic mass is 10.0. The molecule has 0 unspecified atom stereocenters. The molecule has 0 radical (unpaired) electrons. The van der Waals surface area contributed by atoms with Gasteiger partial charge >= 0.3 is 11.9 Å². The number of esters is 2. The molecule has 1 N–H and O–H groups in total. The maximum atomic E-state index is 12.1. The Morgan fingerprint density at radius 3 is 1.59 bits per heavy atom. The lowest BCUT2D eigenvalue weighted by Gasteiger charge is -2.15. The van der Waals surface area contributed by atoms with Gasteiger partial charge in [-0.1, -0.05) is 133 Å². The molecule has 0 heterocycles. The summed E-state index contributed by atoms with van der Waals surface area (Å²) in [6.45, 7) is 3.96. The number of aliphatic hydroxyl groups is 1. The summed E-state index contributed by atoms with van der Waals surface area (Å²) in [4.78, 5) is 24.1. The smallest absolute Gasteiger partial charge is 0.306 e. The highest BCUT2D eigenvalue weighted by atomic mass is 16.6. The molecular formula is C36H62O5. The van der Waals surface area contributed by atoms with E-state index in [1.165, 1.54) is 57.8 Å². The van der Waals surface area contributed by atoms with Gasteiger partial charge in [-0.2, -0.15) is 0 Å². The Morgan fingerprint density at radius 1 is 0.585 bits per heavy atom. The van der Waals surface area contributed by atoms with Crippen LogP contribution in [0.1, 0.15) is 149 Å². The first-order valence-electron chi connectivity index (χ1n) is 16.7. The van der Waals surface area contributed by atoms with Crippen LogP contribution < -0.4 is 0 Å². The number of unbranched alkanes of at least 4 members (excludes halogenated alkanes) is 13. The van der Waals surface area contributed by atoms with Gasteiger partial charge in [-0.05, 0) is 51.4 Å². The predicted molar refractivity (Wildman–Crippen MR) is 173 cm³/mol. The molecule has 0 aliphatic rings. The zero-order valence-electron chi connectivity index (χ0n) is 26.5. The van der Waals surface area contributed by atoms with Crippen LogP contribution in [0.3, 0.4) is 0 Å². The largest absolute Gasteiger partial charge is 0.462 e. The van der Waals surface area contributed by atoms with Crippen LogP contribution in [0.25, 0.3) is 0 Å². The predicted octanol–water partition coefficient (Wildman–Crippen LogP) is 9.89. The Labute approximate surface area is 252 Å². The fourth-order valence-electron chi connectivity index (χ4n) is 4.37. The highest BCUT2D eigenvalue weighted by molar-refractivity contribution is 5.70. The van der Waals surface area contributed by atoms with Crippen LogP contribution >= 0.6 is 0 Å². The first kappa shape index (κ1) is 38.9. The van der Waals surface area contributed by atoms with Crippen molar-refractivity contribution in [3.05, 3.63) is 48.6 Å². The van der Waals surface area contributed by atoms with Gasteiger partial charge in [-0.25, -0.2) is 0 Å². The minimum atomic E-state index is -0.789. The van der Waals surface area contributed by atoms with Crippen molar-refractivity contribution in [3.63, 3.8) is 0 Å². The van der Waals surface area contributed by atoms with E-state index in [2.05, 4.69) is 62.5 Å². The Kier molecular flexibility index (Phi) is 30.7. The Morgan fingerprint density at radius 2 is 1.05 bits per heavy atom. The maximum absolute atomic E-state index is 12.1. The molecule has 1 atom stereocenters. The van der Waals surface area contributed by atoms with Crippen LogP contribution in [0.5, 0.6) is 0 Å². The second-order valence-electron chi connectivity index (χ2n) is 10.9. The summed E-state index contributed by atoms with van der Waals surface area (Å²) in [5, 5.41) is 9.49. The molecule has 0 amide bonds. The maximum Gasteiger partial charge on any atom is 0.306 e. The normalized spacial score (nSPS) is 12.8. The second-order valence-corrected chi connectivity index (χ2v) is 10.9. The van der Waals surface area contributed by atoms with Gasteiger partial charge in [0.05, 0.1) is 6.61 Å². The van der Waals surface area contributed by atoms with Crippen LogP contribution in [0.4, 0.5) is 0 Å². The van der Waals surface area contributed by atoms with Gasteiger partial charge in [-0.15, -0.1) is 0 Å². The van der Waals surface area contributed by atoms with Crippen molar-refractivity contribution in [2.75, 3.05) is 13.2 Å². The van der Waals surface area contributed by atoms with E-state index in [0.29, 0.717) is 12.8 Å². The fourth-order valence-corrected chi connectivity index (χ4v) is 4.37. The summed E-state index contributed by atoms with van der Waals surface area (Å²) in [6.07, 6.45) is 38.8. The summed E-state index contributed by atoms with van der Waals surface area (Å²) >= 11 is 0. The van der Waals surface area contributed by atoms with E-state index < -0.39 is 6.10 Å². The summed E-state index contributed by atoms with van der Waals surface area (Å²) in [7, 11) is 0. The van der Waals surface area contributed by atoms with Crippen LogP contribution in [0.15, 0.2) is 48.6 Å². The molecule has 0 aliphatic heterocycles. The van der Waals surface area contributed by atoms with E-state index in [0.717, 1.165) is 64.2 Å². The van der Waals surface area contributed by atoms with Gasteiger partial charge in [0.25, 0.3) is 0 Å². The van der Waals surface area contributed by atoms with E-state index in [4.69, 9.17) is 9.47 Å². The standard InChI is InChI=1S/C36H62O5/c1-3-5-7-9-11-13-15-17-18-19-21-23-25-27-29-31-36(39)41-34(32-37)33-40-35(38)30-28-26-24-22-20-16-14-12-10-8-6-4-2/h5,7,11,13,17-18,21,23,34,37H,3-4,6,8-10,12,14-16,19-20,22,24-33H2,1-2H3/b7-5+,13-11+,18-17+,23-21+/t34-/m0/s1. The van der Waals surface area contributed by atoms with Crippen LogP contribution in [0, 0.1) is 0 Å². The number of carbonyl (C=O) groups excluding carboxylic acids is 2. The van der Waals surface area contributed by atoms with E-state index in [-0.39, 0.29) is 25.2 Å². The quantitative estimate of drug-likeness (QED) is 0.0547. The van der Waals surface area contributed by atoms with Gasteiger partial charge in [0.15, 0.2) is 6.10 Å². The molecule has 41 heavy (non-hydrogen) atoms. The van der Waals surface area contributed by atoms with Crippen molar-refractivity contribution in [1.29, 1.82) is 0 Å². The van der Waals surface area contributed by atoms with Crippen LogP contribution in [-0.4, -0.2) is 36.4 Å². The molecule has 0 aromatic carbocycles. The molecule has 5 nitrogen and oxygen atoms in total. The second kappa shape index (κ2) is 32.4. The van der Waals surface area contributed by atoms with Crippen LogP contribution in [-0.2, 0) is 19.1 Å². The Bertz CT molecular complexity index is 707. The molecule has 0 aromatic heterocycles. The van der Waals surface area contributed by atoms with Gasteiger partial charge in [0, 0.05) is 12.8 Å². The van der Waals surface area contributed by atoms with Crippen molar-refractivity contribution >= 4 is 11.9 Å². The monoisotopic (exact) mass is 574 g/mol. The third-order valence-corrected chi connectivity index (χ3v) is 6.89. The van der Waals surface area contributed by atoms with Crippen molar-refractivity contribution in [2.45, 2.75) is 155 Å². The first-order valence-corrected chi connectivity index (χ1v) is 16.7. The average Bonchev–Trinajstić information content (AvgIpc) is 2.97. The van der Waals surface area contributed by atoms with Crippen molar-refractivity contribution in [3.8, 4) is 0 Å². The molecule has 236 valence electrons. The number of aliphatic hydroxyl groups excluding tert-OH is 1.